The number of halogens is 1. The SMILES string of the molecule is COC(=O)C1(C(=O)OC)CC(c2ccccc2Cl)C(C(=O)OC)(C(=O)OC)C1. The van der Waals surface area contributed by atoms with E-state index in [1.54, 1.807) is 24.3 Å². The predicted octanol–water partition coefficient (Wildman–Crippen LogP) is 1.88. The van der Waals surface area contributed by atoms with Crippen molar-refractivity contribution in [3.05, 3.63) is 34.9 Å². The van der Waals surface area contributed by atoms with Gasteiger partial charge in [0.1, 0.15) is 0 Å². The maximum atomic E-state index is 12.9. The summed E-state index contributed by atoms with van der Waals surface area (Å²) < 4.78 is 19.4. The van der Waals surface area contributed by atoms with Gasteiger partial charge in [-0.3, -0.25) is 19.2 Å². The summed E-state index contributed by atoms with van der Waals surface area (Å²) in [5, 5.41) is 0.259. The topological polar surface area (TPSA) is 105 Å². The second kappa shape index (κ2) is 8.18. The molecular formula is C19H21ClO8. The van der Waals surface area contributed by atoms with Crippen LogP contribution in [0.3, 0.4) is 0 Å². The lowest BCUT2D eigenvalue weighted by Crippen LogP contribution is -2.46. The summed E-state index contributed by atoms with van der Waals surface area (Å²) in [5.74, 6) is -4.73. The van der Waals surface area contributed by atoms with E-state index in [0.717, 1.165) is 28.4 Å². The van der Waals surface area contributed by atoms with Crippen LogP contribution in [-0.4, -0.2) is 52.3 Å². The maximum absolute atomic E-state index is 12.9. The lowest BCUT2D eigenvalue weighted by Gasteiger charge is -2.30. The van der Waals surface area contributed by atoms with Gasteiger partial charge in [0.05, 0.1) is 28.4 Å². The van der Waals surface area contributed by atoms with E-state index in [1.165, 1.54) is 0 Å². The van der Waals surface area contributed by atoms with Crippen LogP contribution in [0.5, 0.6) is 0 Å². The van der Waals surface area contributed by atoms with Crippen LogP contribution < -0.4 is 0 Å². The molecule has 0 aliphatic heterocycles. The standard InChI is InChI=1S/C19H21ClO8/c1-25-14(21)18(15(22)26-2)9-12(11-7-5-6-8-13(11)20)19(10-18,16(23)27-3)17(24)28-4/h5-8,12H,9-10H2,1-4H3. The largest absolute Gasteiger partial charge is 0.468 e. The molecule has 1 aliphatic carbocycles. The molecule has 0 bridgehead atoms. The van der Waals surface area contributed by atoms with Crippen LogP contribution in [0.15, 0.2) is 24.3 Å². The van der Waals surface area contributed by atoms with E-state index in [-0.39, 0.29) is 11.4 Å². The average Bonchev–Trinajstić information content (AvgIpc) is 3.09. The molecule has 1 aliphatic rings. The van der Waals surface area contributed by atoms with Crippen LogP contribution in [0.4, 0.5) is 0 Å². The number of hydrogen-bond donors (Lipinski definition) is 0. The van der Waals surface area contributed by atoms with Crippen molar-refractivity contribution in [1.29, 1.82) is 0 Å². The molecule has 1 aromatic carbocycles. The fourth-order valence-electron chi connectivity index (χ4n) is 3.99. The van der Waals surface area contributed by atoms with Gasteiger partial charge in [0.25, 0.3) is 0 Å². The molecule has 8 nitrogen and oxygen atoms in total. The van der Waals surface area contributed by atoms with Crippen molar-refractivity contribution in [2.45, 2.75) is 18.8 Å². The molecule has 28 heavy (non-hydrogen) atoms. The minimum absolute atomic E-state index is 0.250. The molecule has 152 valence electrons. The highest BCUT2D eigenvalue weighted by atomic mass is 35.5. The molecule has 9 heteroatoms. The molecule has 0 radical (unpaired) electrons. The molecule has 0 heterocycles. The molecule has 0 amide bonds. The number of methoxy groups -OCH3 is 4. The van der Waals surface area contributed by atoms with Gasteiger partial charge in [-0.15, -0.1) is 0 Å². The number of benzene rings is 1. The third-order valence-corrected chi connectivity index (χ3v) is 5.60. The van der Waals surface area contributed by atoms with Crippen LogP contribution >= 0.6 is 11.6 Å². The van der Waals surface area contributed by atoms with Crippen molar-refractivity contribution in [3.8, 4) is 0 Å². The summed E-state index contributed by atoms with van der Waals surface area (Å²) in [7, 11) is 4.42. The van der Waals surface area contributed by atoms with Crippen LogP contribution in [-0.2, 0) is 38.1 Å². The van der Waals surface area contributed by atoms with E-state index in [4.69, 9.17) is 30.5 Å². The van der Waals surface area contributed by atoms with Gasteiger partial charge in [-0.1, -0.05) is 29.8 Å². The molecule has 1 saturated carbocycles. The Kier molecular flexibility index (Phi) is 6.34. The van der Waals surface area contributed by atoms with Crippen LogP contribution in [0.2, 0.25) is 5.02 Å². The summed E-state index contributed by atoms with van der Waals surface area (Å²) in [6.45, 7) is 0. The number of rotatable bonds is 5. The molecule has 0 N–H and O–H groups in total. The van der Waals surface area contributed by atoms with Gasteiger partial charge < -0.3 is 18.9 Å². The molecule has 1 unspecified atom stereocenters. The first-order chi connectivity index (χ1) is 13.2. The number of esters is 4. The summed E-state index contributed by atoms with van der Waals surface area (Å²) in [6.07, 6.45) is -0.783. The summed E-state index contributed by atoms with van der Waals surface area (Å²) in [5.41, 5.74) is -3.50. The highest BCUT2D eigenvalue weighted by Crippen LogP contribution is 2.60. The normalized spacial score (nSPS) is 19.4. The van der Waals surface area contributed by atoms with Crippen LogP contribution in [0.25, 0.3) is 0 Å². The van der Waals surface area contributed by atoms with Gasteiger partial charge in [0, 0.05) is 17.4 Å². The monoisotopic (exact) mass is 412 g/mol. The highest BCUT2D eigenvalue weighted by molar-refractivity contribution is 6.31. The number of hydrogen-bond acceptors (Lipinski definition) is 8. The summed E-state index contributed by atoms with van der Waals surface area (Å²) in [4.78, 5) is 51.0. The van der Waals surface area contributed by atoms with E-state index in [0.29, 0.717) is 5.56 Å². The van der Waals surface area contributed by atoms with Gasteiger partial charge in [-0.2, -0.15) is 0 Å². The first kappa shape index (κ1) is 21.7. The van der Waals surface area contributed by atoms with Gasteiger partial charge in [-0.25, -0.2) is 0 Å². The maximum Gasteiger partial charge on any atom is 0.323 e. The Bertz CT molecular complexity index is 771. The summed E-state index contributed by atoms with van der Waals surface area (Å²) in [6, 6.07) is 6.52. The number of ether oxygens (including phenoxy) is 4. The smallest absolute Gasteiger partial charge is 0.323 e. The Hall–Kier alpha value is -2.61. The van der Waals surface area contributed by atoms with Gasteiger partial charge >= 0.3 is 23.9 Å². The second-order valence-electron chi connectivity index (χ2n) is 6.47. The highest BCUT2D eigenvalue weighted by Gasteiger charge is 2.71. The lowest BCUT2D eigenvalue weighted by molar-refractivity contribution is -0.174. The first-order valence-corrected chi connectivity index (χ1v) is 8.71. The molecule has 2 rings (SSSR count). The Labute approximate surface area is 167 Å². The zero-order chi connectivity index (χ0) is 21.1. The quantitative estimate of drug-likeness (QED) is 0.410. The molecule has 0 aromatic heterocycles. The minimum atomic E-state index is -1.99. The van der Waals surface area contributed by atoms with Crippen molar-refractivity contribution >= 4 is 35.5 Å². The van der Waals surface area contributed by atoms with Crippen molar-refractivity contribution in [2.24, 2.45) is 10.8 Å². The van der Waals surface area contributed by atoms with Gasteiger partial charge in [0.15, 0.2) is 10.8 Å². The fourth-order valence-corrected chi connectivity index (χ4v) is 4.26. The Morgan fingerprint density at radius 3 is 1.75 bits per heavy atom. The molecular weight excluding hydrogens is 392 g/mol. The van der Waals surface area contributed by atoms with Crippen molar-refractivity contribution in [2.75, 3.05) is 28.4 Å². The molecule has 1 aromatic rings. The van der Waals surface area contributed by atoms with Gasteiger partial charge in [-0.05, 0) is 18.1 Å². The van der Waals surface area contributed by atoms with E-state index in [2.05, 4.69) is 0 Å². The fraction of sp³-hybridized carbons (Fsp3) is 0.474. The third-order valence-electron chi connectivity index (χ3n) is 5.26. The van der Waals surface area contributed by atoms with E-state index in [9.17, 15) is 19.2 Å². The van der Waals surface area contributed by atoms with Gasteiger partial charge in [0.2, 0.25) is 0 Å². The lowest BCUT2D eigenvalue weighted by atomic mass is 9.73. The van der Waals surface area contributed by atoms with Crippen molar-refractivity contribution in [3.63, 3.8) is 0 Å². The first-order valence-electron chi connectivity index (χ1n) is 8.33. The van der Waals surface area contributed by atoms with E-state index >= 15 is 0 Å². The Morgan fingerprint density at radius 1 is 0.857 bits per heavy atom. The van der Waals surface area contributed by atoms with Crippen molar-refractivity contribution < 1.29 is 38.1 Å². The van der Waals surface area contributed by atoms with Crippen LogP contribution in [0.1, 0.15) is 24.3 Å². The molecule has 1 atom stereocenters. The van der Waals surface area contributed by atoms with E-state index < -0.39 is 47.0 Å². The Balaban J connectivity index is 2.82. The number of carbonyl (C=O) groups is 4. The third kappa shape index (κ3) is 3.11. The molecule has 0 saturated heterocycles. The summed E-state index contributed by atoms with van der Waals surface area (Å²) >= 11 is 6.31. The second-order valence-corrected chi connectivity index (χ2v) is 6.88. The molecule has 1 fully saturated rings. The minimum Gasteiger partial charge on any atom is -0.468 e. The number of carbonyl (C=O) groups excluding carboxylic acids is 4. The Morgan fingerprint density at radius 2 is 1.32 bits per heavy atom. The predicted molar refractivity (Wildman–Crippen MR) is 96.4 cm³/mol. The van der Waals surface area contributed by atoms with Crippen molar-refractivity contribution in [1.82, 2.24) is 0 Å². The zero-order valence-corrected chi connectivity index (χ0v) is 16.7. The zero-order valence-electron chi connectivity index (χ0n) is 15.9. The van der Waals surface area contributed by atoms with E-state index in [1.807, 2.05) is 0 Å². The average molecular weight is 413 g/mol. The van der Waals surface area contributed by atoms with Crippen LogP contribution in [0, 0.1) is 10.8 Å². The molecule has 0 spiro atoms.